The monoisotopic (exact) mass is 151 g/mol. The van der Waals surface area contributed by atoms with Gasteiger partial charge in [0, 0.05) is 0 Å². The minimum Gasteiger partial charge on any atom is -0.466 e. The molecule has 0 heterocycles. The van der Waals surface area contributed by atoms with Crippen molar-refractivity contribution in [3.05, 3.63) is 0 Å². The van der Waals surface area contributed by atoms with Crippen LogP contribution in [0.5, 0.6) is 0 Å². The molecule has 0 saturated heterocycles. The van der Waals surface area contributed by atoms with E-state index < -0.39 is 5.50 Å². The Morgan fingerprint density at radius 3 is 2.78 bits per heavy atom. The van der Waals surface area contributed by atoms with Crippen LogP contribution in [-0.4, -0.2) is 18.1 Å². The highest BCUT2D eigenvalue weighted by Crippen LogP contribution is 1.94. The molecule has 2 N–H and O–H groups in total. The van der Waals surface area contributed by atoms with Crippen LogP contribution in [0.4, 0.5) is 0 Å². The Kier molecular flexibility index (Phi) is 4.44. The molecule has 0 radical (unpaired) electrons. The average Bonchev–Trinajstić information content (AvgIpc) is 1.63. The van der Waals surface area contributed by atoms with Crippen LogP contribution in [0.1, 0.15) is 13.3 Å². The lowest BCUT2D eigenvalue weighted by molar-refractivity contribution is -0.143. The maximum atomic E-state index is 10.5. The SMILES string of the molecule is CCOC(=O)CC(N)Cl. The van der Waals surface area contributed by atoms with E-state index in [0.29, 0.717) is 6.61 Å². The summed E-state index contributed by atoms with van der Waals surface area (Å²) in [5.41, 5.74) is 4.47. The molecule has 0 aromatic carbocycles. The van der Waals surface area contributed by atoms with E-state index in [1.54, 1.807) is 6.92 Å². The number of carbonyl (C=O) groups excluding carboxylic acids is 1. The average molecular weight is 152 g/mol. The summed E-state index contributed by atoms with van der Waals surface area (Å²) in [7, 11) is 0. The van der Waals surface area contributed by atoms with Crippen molar-refractivity contribution < 1.29 is 9.53 Å². The van der Waals surface area contributed by atoms with Crippen molar-refractivity contribution in [3.8, 4) is 0 Å². The van der Waals surface area contributed by atoms with Gasteiger partial charge in [-0.05, 0) is 6.92 Å². The molecule has 3 nitrogen and oxygen atoms in total. The lowest BCUT2D eigenvalue weighted by Gasteiger charge is -2.01. The van der Waals surface area contributed by atoms with Crippen LogP contribution < -0.4 is 5.73 Å². The van der Waals surface area contributed by atoms with E-state index in [1.165, 1.54) is 0 Å². The van der Waals surface area contributed by atoms with Crippen molar-refractivity contribution >= 4 is 17.6 Å². The summed E-state index contributed by atoms with van der Waals surface area (Å²) < 4.78 is 4.55. The van der Waals surface area contributed by atoms with Gasteiger partial charge in [0.05, 0.1) is 18.5 Å². The first-order valence-electron chi connectivity index (χ1n) is 2.72. The molecule has 1 unspecified atom stereocenters. The van der Waals surface area contributed by atoms with Gasteiger partial charge in [-0.2, -0.15) is 0 Å². The van der Waals surface area contributed by atoms with Crippen molar-refractivity contribution in [1.29, 1.82) is 0 Å². The zero-order valence-electron chi connectivity index (χ0n) is 5.26. The second-order valence-electron chi connectivity index (χ2n) is 1.53. The van der Waals surface area contributed by atoms with Crippen LogP contribution in [0.15, 0.2) is 0 Å². The van der Waals surface area contributed by atoms with Crippen LogP contribution in [-0.2, 0) is 9.53 Å². The molecule has 0 amide bonds. The standard InChI is InChI=1S/C5H10ClNO2/c1-2-9-5(8)3-4(6)7/h4H,2-3,7H2,1H3. The highest BCUT2D eigenvalue weighted by Gasteiger charge is 2.05. The number of alkyl halides is 1. The Bertz CT molecular complexity index is 95.0. The molecule has 0 fully saturated rings. The first kappa shape index (κ1) is 8.72. The molecule has 0 aromatic heterocycles. The van der Waals surface area contributed by atoms with Crippen molar-refractivity contribution in [2.75, 3.05) is 6.61 Å². The summed E-state index contributed by atoms with van der Waals surface area (Å²) in [6.07, 6.45) is 0.0788. The van der Waals surface area contributed by atoms with Gasteiger partial charge in [0.25, 0.3) is 0 Å². The van der Waals surface area contributed by atoms with Gasteiger partial charge < -0.3 is 10.5 Å². The largest absolute Gasteiger partial charge is 0.466 e. The van der Waals surface area contributed by atoms with Crippen LogP contribution in [0.3, 0.4) is 0 Å². The highest BCUT2D eigenvalue weighted by molar-refractivity contribution is 6.21. The fourth-order valence-corrected chi connectivity index (χ4v) is 0.505. The van der Waals surface area contributed by atoms with Gasteiger partial charge >= 0.3 is 5.97 Å². The molecule has 0 aliphatic rings. The molecular formula is C5H10ClNO2. The number of nitrogens with two attached hydrogens (primary N) is 1. The van der Waals surface area contributed by atoms with Gasteiger partial charge in [0.15, 0.2) is 0 Å². The van der Waals surface area contributed by atoms with E-state index in [4.69, 9.17) is 17.3 Å². The molecule has 0 bridgehead atoms. The summed E-state index contributed by atoms with van der Waals surface area (Å²) in [4.78, 5) is 10.5. The van der Waals surface area contributed by atoms with Gasteiger partial charge in [-0.15, -0.1) is 11.6 Å². The molecule has 4 heteroatoms. The zero-order valence-corrected chi connectivity index (χ0v) is 6.02. The molecule has 0 spiro atoms. The first-order valence-corrected chi connectivity index (χ1v) is 3.15. The molecular weight excluding hydrogens is 142 g/mol. The van der Waals surface area contributed by atoms with Crippen molar-refractivity contribution in [1.82, 2.24) is 0 Å². The minimum absolute atomic E-state index is 0.0788. The summed E-state index contributed by atoms with van der Waals surface area (Å²) in [5, 5.41) is 0. The van der Waals surface area contributed by atoms with Crippen LogP contribution in [0.2, 0.25) is 0 Å². The number of esters is 1. The summed E-state index contributed by atoms with van der Waals surface area (Å²) >= 11 is 5.29. The van der Waals surface area contributed by atoms with E-state index >= 15 is 0 Å². The van der Waals surface area contributed by atoms with Crippen LogP contribution in [0, 0.1) is 0 Å². The zero-order chi connectivity index (χ0) is 7.28. The Balaban J connectivity index is 3.27. The maximum absolute atomic E-state index is 10.5. The number of halogens is 1. The molecule has 0 rings (SSSR count). The molecule has 0 saturated carbocycles. The summed E-state index contributed by atoms with van der Waals surface area (Å²) in [6.45, 7) is 2.11. The number of hydrogen-bond donors (Lipinski definition) is 1. The third kappa shape index (κ3) is 5.59. The number of ether oxygens (including phenoxy) is 1. The van der Waals surface area contributed by atoms with Crippen LogP contribution in [0.25, 0.3) is 0 Å². The molecule has 54 valence electrons. The van der Waals surface area contributed by atoms with Crippen molar-refractivity contribution in [3.63, 3.8) is 0 Å². The number of rotatable bonds is 3. The van der Waals surface area contributed by atoms with Crippen molar-refractivity contribution in [2.45, 2.75) is 18.8 Å². The summed E-state index contributed by atoms with van der Waals surface area (Å²) in [5.74, 6) is -0.347. The maximum Gasteiger partial charge on any atom is 0.308 e. The fraction of sp³-hybridized carbons (Fsp3) is 0.800. The lowest BCUT2D eigenvalue weighted by Crippen LogP contribution is -2.18. The Hall–Kier alpha value is -0.280. The van der Waals surface area contributed by atoms with Gasteiger partial charge in [0.2, 0.25) is 0 Å². The minimum atomic E-state index is -0.621. The van der Waals surface area contributed by atoms with E-state index in [9.17, 15) is 4.79 Å². The second-order valence-corrected chi connectivity index (χ2v) is 2.09. The Morgan fingerprint density at radius 1 is 1.89 bits per heavy atom. The van der Waals surface area contributed by atoms with Crippen LogP contribution >= 0.6 is 11.6 Å². The Labute approximate surface area is 59.1 Å². The molecule has 1 atom stereocenters. The molecule has 0 aliphatic carbocycles. The third-order valence-electron chi connectivity index (χ3n) is 0.667. The van der Waals surface area contributed by atoms with E-state index in [1.807, 2.05) is 0 Å². The predicted molar refractivity (Wildman–Crippen MR) is 35.1 cm³/mol. The van der Waals surface area contributed by atoms with E-state index in [0.717, 1.165) is 0 Å². The molecule has 0 aliphatic heterocycles. The number of hydrogen-bond acceptors (Lipinski definition) is 3. The quantitative estimate of drug-likeness (QED) is 0.362. The second kappa shape index (κ2) is 4.58. The summed E-state index contributed by atoms with van der Waals surface area (Å²) in [6, 6.07) is 0. The Morgan fingerprint density at radius 2 is 2.44 bits per heavy atom. The molecule has 0 aromatic rings. The molecule has 9 heavy (non-hydrogen) atoms. The fourth-order valence-electron chi connectivity index (χ4n) is 0.379. The van der Waals surface area contributed by atoms with Gasteiger partial charge in [-0.3, -0.25) is 4.79 Å². The lowest BCUT2D eigenvalue weighted by atomic mass is 10.4. The highest BCUT2D eigenvalue weighted by atomic mass is 35.5. The normalized spacial score (nSPS) is 12.8. The van der Waals surface area contributed by atoms with Gasteiger partial charge in [-0.1, -0.05) is 0 Å². The predicted octanol–water partition coefficient (Wildman–Crippen LogP) is 0.463. The third-order valence-corrected chi connectivity index (χ3v) is 0.821. The van der Waals surface area contributed by atoms with Gasteiger partial charge in [-0.25, -0.2) is 0 Å². The topological polar surface area (TPSA) is 52.3 Å². The smallest absolute Gasteiger partial charge is 0.308 e. The van der Waals surface area contributed by atoms with E-state index in [2.05, 4.69) is 4.74 Å². The van der Waals surface area contributed by atoms with Gasteiger partial charge in [0.1, 0.15) is 0 Å². The van der Waals surface area contributed by atoms with E-state index in [-0.39, 0.29) is 12.4 Å². The first-order chi connectivity index (χ1) is 4.16. The number of carbonyl (C=O) groups is 1. The van der Waals surface area contributed by atoms with Crippen molar-refractivity contribution in [2.24, 2.45) is 5.73 Å².